The normalized spacial score (nSPS) is 13.6. The third-order valence-electron chi connectivity index (χ3n) is 4.45. The van der Waals surface area contributed by atoms with Gasteiger partial charge in [0.25, 0.3) is 5.91 Å². The summed E-state index contributed by atoms with van der Waals surface area (Å²) in [5, 5.41) is 8.18. The highest BCUT2D eigenvalue weighted by atomic mass is 32.1. The number of furan rings is 1. The van der Waals surface area contributed by atoms with E-state index in [2.05, 4.69) is 15.6 Å². The number of nitrogens with zero attached hydrogens (tertiary/aromatic N) is 2. The molecular formula is C20H18N4O4S. The zero-order valence-electron chi connectivity index (χ0n) is 15.6. The first-order valence-electron chi connectivity index (χ1n) is 8.96. The number of nitrogens with one attached hydrogen (secondary N) is 2. The van der Waals surface area contributed by atoms with E-state index in [0.717, 1.165) is 21.2 Å². The summed E-state index contributed by atoms with van der Waals surface area (Å²) in [5.74, 6) is 0.800. The fraction of sp³-hybridized carbons (Fsp3) is 0.200. The van der Waals surface area contributed by atoms with Gasteiger partial charge in [-0.2, -0.15) is 0 Å². The molecule has 0 unspecified atom stereocenters. The molecule has 0 saturated carbocycles. The van der Waals surface area contributed by atoms with Gasteiger partial charge in [0.05, 0.1) is 24.6 Å². The average molecular weight is 410 g/mol. The molecule has 9 heteroatoms. The zero-order chi connectivity index (χ0) is 20.4. The summed E-state index contributed by atoms with van der Waals surface area (Å²) in [6, 6.07) is 10.0. The van der Waals surface area contributed by atoms with Gasteiger partial charge in [0.2, 0.25) is 5.91 Å². The lowest BCUT2D eigenvalue weighted by Crippen LogP contribution is -2.30. The van der Waals surface area contributed by atoms with E-state index in [0.29, 0.717) is 17.1 Å². The summed E-state index contributed by atoms with van der Waals surface area (Å²) in [4.78, 5) is 41.1. The Balaban J connectivity index is 1.33. The molecule has 0 aliphatic carbocycles. The Morgan fingerprint density at radius 3 is 2.69 bits per heavy atom. The van der Waals surface area contributed by atoms with Crippen molar-refractivity contribution in [3.8, 4) is 11.5 Å². The topological polar surface area (TPSA) is 105 Å². The lowest BCUT2D eigenvalue weighted by molar-refractivity contribution is -0.125. The molecule has 1 aliphatic rings. The van der Waals surface area contributed by atoms with Crippen molar-refractivity contribution in [3.63, 3.8) is 0 Å². The first-order valence-corrected chi connectivity index (χ1v) is 9.84. The molecular weight excluding hydrogens is 392 g/mol. The molecule has 3 aromatic rings. The number of hydrogen-bond donors (Lipinski definition) is 2. The summed E-state index contributed by atoms with van der Waals surface area (Å²) < 4.78 is 5.74. The molecule has 0 bridgehead atoms. The van der Waals surface area contributed by atoms with Crippen molar-refractivity contribution < 1.29 is 18.8 Å². The monoisotopic (exact) mass is 410 g/mol. The number of benzene rings is 1. The molecule has 3 heterocycles. The van der Waals surface area contributed by atoms with Crippen LogP contribution in [0.2, 0.25) is 0 Å². The summed E-state index contributed by atoms with van der Waals surface area (Å²) in [5.41, 5.74) is 2.03. The van der Waals surface area contributed by atoms with Gasteiger partial charge in [-0.25, -0.2) is 9.78 Å². The molecule has 0 spiro atoms. The fourth-order valence-electron chi connectivity index (χ4n) is 2.92. The number of carbonyl (C=O) groups excluding carboxylic acids is 3. The van der Waals surface area contributed by atoms with Crippen LogP contribution >= 0.6 is 11.3 Å². The zero-order valence-corrected chi connectivity index (χ0v) is 16.4. The number of thiazole rings is 1. The van der Waals surface area contributed by atoms with Crippen molar-refractivity contribution in [2.45, 2.75) is 20.0 Å². The first kappa shape index (κ1) is 18.9. The molecule has 4 rings (SSSR count). The van der Waals surface area contributed by atoms with Crippen LogP contribution in [0.25, 0.3) is 11.5 Å². The molecule has 148 valence electrons. The Labute approximate surface area is 170 Å². The maximum atomic E-state index is 12.4. The Bertz CT molecular complexity index is 1050. The third kappa shape index (κ3) is 4.19. The lowest BCUT2D eigenvalue weighted by atomic mass is 10.1. The highest BCUT2D eigenvalue weighted by molar-refractivity contribution is 7.09. The Morgan fingerprint density at radius 1 is 1.24 bits per heavy atom. The minimum absolute atomic E-state index is 0.0237. The van der Waals surface area contributed by atoms with Gasteiger partial charge >= 0.3 is 6.03 Å². The van der Waals surface area contributed by atoms with Crippen LogP contribution in [0, 0.1) is 6.92 Å². The largest absolute Gasteiger partial charge is 0.458 e. The molecule has 0 atom stereocenters. The van der Waals surface area contributed by atoms with Crippen molar-refractivity contribution in [2.24, 2.45) is 0 Å². The SMILES string of the molecule is Cc1nc(-c2ccc(CNC(=O)c3ccc(CN4C(=O)CNC4=O)cc3)o2)cs1. The lowest BCUT2D eigenvalue weighted by Gasteiger charge is -2.12. The highest BCUT2D eigenvalue weighted by Crippen LogP contribution is 2.23. The predicted molar refractivity (Wildman–Crippen MR) is 106 cm³/mol. The van der Waals surface area contributed by atoms with Crippen LogP contribution in [-0.4, -0.2) is 34.3 Å². The summed E-state index contributed by atoms with van der Waals surface area (Å²) in [6.07, 6.45) is 0. The fourth-order valence-corrected chi connectivity index (χ4v) is 3.52. The van der Waals surface area contributed by atoms with Gasteiger partial charge in [0, 0.05) is 10.9 Å². The molecule has 1 fully saturated rings. The summed E-state index contributed by atoms with van der Waals surface area (Å²) in [6.45, 7) is 2.39. The van der Waals surface area contributed by atoms with E-state index in [1.807, 2.05) is 24.4 Å². The third-order valence-corrected chi connectivity index (χ3v) is 5.22. The van der Waals surface area contributed by atoms with Crippen LogP contribution in [0.5, 0.6) is 0 Å². The molecule has 8 nitrogen and oxygen atoms in total. The van der Waals surface area contributed by atoms with Crippen molar-refractivity contribution in [1.82, 2.24) is 20.5 Å². The van der Waals surface area contributed by atoms with Crippen molar-refractivity contribution in [2.75, 3.05) is 6.54 Å². The molecule has 29 heavy (non-hydrogen) atoms. The molecule has 1 aliphatic heterocycles. The Morgan fingerprint density at radius 2 is 2.03 bits per heavy atom. The maximum Gasteiger partial charge on any atom is 0.324 e. The van der Waals surface area contributed by atoms with Crippen LogP contribution < -0.4 is 10.6 Å². The predicted octanol–water partition coefficient (Wildman–Crippen LogP) is 2.69. The Hall–Kier alpha value is -3.46. The minimum atomic E-state index is -0.401. The second-order valence-corrected chi connectivity index (χ2v) is 7.60. The number of rotatable bonds is 6. The summed E-state index contributed by atoms with van der Waals surface area (Å²) in [7, 11) is 0. The molecule has 1 aromatic carbocycles. The minimum Gasteiger partial charge on any atom is -0.458 e. The molecule has 2 aromatic heterocycles. The van der Waals surface area contributed by atoms with Crippen LogP contribution in [0.4, 0.5) is 4.79 Å². The molecule has 1 saturated heterocycles. The Kier molecular flexibility index (Phi) is 5.13. The standard InChI is InChI=1S/C20H18N4O4S/c1-12-23-16(11-29-12)17-7-6-15(28-17)8-21-19(26)14-4-2-13(3-5-14)10-24-18(25)9-22-20(24)27/h2-7,11H,8-10H2,1H3,(H,21,26)(H,22,27). The van der Waals surface area contributed by atoms with Crippen LogP contribution in [-0.2, 0) is 17.9 Å². The van der Waals surface area contributed by atoms with E-state index >= 15 is 0 Å². The van der Waals surface area contributed by atoms with Gasteiger partial charge in [0.1, 0.15) is 11.5 Å². The molecule has 4 amide bonds. The van der Waals surface area contributed by atoms with Crippen LogP contribution in [0.1, 0.15) is 26.7 Å². The van der Waals surface area contributed by atoms with Crippen molar-refractivity contribution >= 4 is 29.2 Å². The van der Waals surface area contributed by atoms with Gasteiger partial charge in [-0.15, -0.1) is 11.3 Å². The smallest absolute Gasteiger partial charge is 0.324 e. The van der Waals surface area contributed by atoms with Gasteiger partial charge < -0.3 is 15.1 Å². The van der Waals surface area contributed by atoms with Gasteiger partial charge in [-0.05, 0) is 36.8 Å². The number of urea groups is 1. The van der Waals surface area contributed by atoms with Gasteiger partial charge in [-0.1, -0.05) is 12.1 Å². The number of amides is 4. The number of aromatic nitrogens is 1. The highest BCUT2D eigenvalue weighted by Gasteiger charge is 2.28. The quantitative estimate of drug-likeness (QED) is 0.608. The van der Waals surface area contributed by atoms with Crippen LogP contribution in [0.15, 0.2) is 46.2 Å². The van der Waals surface area contributed by atoms with Gasteiger partial charge in [0.15, 0.2) is 5.76 Å². The average Bonchev–Trinajstić information content (AvgIpc) is 3.43. The maximum absolute atomic E-state index is 12.4. The summed E-state index contributed by atoms with van der Waals surface area (Å²) >= 11 is 1.55. The van der Waals surface area contributed by atoms with E-state index < -0.39 is 6.03 Å². The molecule has 0 radical (unpaired) electrons. The number of carbonyl (C=O) groups is 3. The second-order valence-electron chi connectivity index (χ2n) is 6.54. The van der Waals surface area contributed by atoms with Gasteiger partial charge in [-0.3, -0.25) is 14.5 Å². The van der Waals surface area contributed by atoms with Crippen LogP contribution in [0.3, 0.4) is 0 Å². The van der Waals surface area contributed by atoms with E-state index in [9.17, 15) is 14.4 Å². The van der Waals surface area contributed by atoms with Crippen molar-refractivity contribution in [1.29, 1.82) is 0 Å². The first-order chi connectivity index (χ1) is 14.0. The number of hydrogen-bond acceptors (Lipinski definition) is 6. The van der Waals surface area contributed by atoms with Crippen molar-refractivity contribution in [3.05, 3.63) is 63.7 Å². The molecule has 2 N–H and O–H groups in total. The van der Waals surface area contributed by atoms with E-state index in [1.165, 1.54) is 0 Å². The van der Waals surface area contributed by atoms with E-state index in [1.54, 1.807) is 35.6 Å². The number of imide groups is 1. The second kappa shape index (κ2) is 7.88. The van der Waals surface area contributed by atoms with E-state index in [4.69, 9.17) is 4.42 Å². The number of aryl methyl sites for hydroxylation is 1. The van der Waals surface area contributed by atoms with E-state index in [-0.39, 0.29) is 31.4 Å².